The van der Waals surface area contributed by atoms with E-state index in [1.165, 1.54) is 18.2 Å². The van der Waals surface area contributed by atoms with Gasteiger partial charge in [0.25, 0.3) is 0 Å². The van der Waals surface area contributed by atoms with Crippen LogP contribution in [0.4, 0.5) is 0 Å². The summed E-state index contributed by atoms with van der Waals surface area (Å²) in [5.41, 5.74) is -0.0378. The normalized spacial score (nSPS) is 11.9. The predicted octanol–water partition coefficient (Wildman–Crippen LogP) is 3.45. The molecule has 0 aliphatic heterocycles. The van der Waals surface area contributed by atoms with Crippen LogP contribution in [0.1, 0.15) is 52.8 Å². The van der Waals surface area contributed by atoms with Gasteiger partial charge >= 0.3 is 11.9 Å². The van der Waals surface area contributed by atoms with Gasteiger partial charge in [0.1, 0.15) is 11.3 Å². The fourth-order valence-corrected chi connectivity index (χ4v) is 1.97. The molecule has 0 aliphatic carbocycles. The zero-order valence-corrected chi connectivity index (χ0v) is 11.9. The molecule has 2 N–H and O–H groups in total. The molecule has 2 radical (unpaired) electrons. The summed E-state index contributed by atoms with van der Waals surface area (Å²) in [6.07, 6.45) is 3.49. The Kier molecular flexibility index (Phi) is 6.72. The van der Waals surface area contributed by atoms with Gasteiger partial charge in [-0.2, -0.15) is 0 Å². The van der Waals surface area contributed by atoms with Gasteiger partial charge in [0.2, 0.25) is 0 Å². The molecule has 0 amide bonds. The van der Waals surface area contributed by atoms with Gasteiger partial charge in [0.05, 0.1) is 11.7 Å². The standard InChI is InChI=1S/C16H20O5/c1-3-5-7-12(6-4-2)21-14-10-11(15(17)18)8-9-13(14)16(19)20/h8-10,12H,1-7H2,(H,17,18)(H,19,20). The van der Waals surface area contributed by atoms with E-state index in [-0.39, 0.29) is 23.0 Å². The first-order valence-corrected chi connectivity index (χ1v) is 6.85. The van der Waals surface area contributed by atoms with Crippen LogP contribution in [0.15, 0.2) is 18.2 Å². The van der Waals surface area contributed by atoms with Crippen LogP contribution < -0.4 is 4.74 Å². The minimum absolute atomic E-state index is 0.000492. The van der Waals surface area contributed by atoms with Gasteiger partial charge in [0, 0.05) is 0 Å². The molecule has 0 aromatic heterocycles. The molecular weight excluding hydrogens is 272 g/mol. The molecule has 0 bridgehead atoms. The molecule has 1 aromatic carbocycles. The summed E-state index contributed by atoms with van der Waals surface area (Å²) >= 11 is 0. The highest BCUT2D eigenvalue weighted by Crippen LogP contribution is 2.24. The van der Waals surface area contributed by atoms with E-state index in [4.69, 9.17) is 14.9 Å². The molecule has 0 heterocycles. The van der Waals surface area contributed by atoms with Crippen LogP contribution in [0, 0.1) is 13.8 Å². The fourth-order valence-electron chi connectivity index (χ4n) is 1.97. The fraction of sp³-hybridized carbons (Fsp3) is 0.375. The van der Waals surface area contributed by atoms with Crippen LogP contribution in [-0.2, 0) is 0 Å². The van der Waals surface area contributed by atoms with Crippen LogP contribution in [0.5, 0.6) is 5.75 Å². The number of hydrogen-bond acceptors (Lipinski definition) is 3. The zero-order chi connectivity index (χ0) is 15.8. The zero-order valence-electron chi connectivity index (χ0n) is 11.9. The van der Waals surface area contributed by atoms with Crippen molar-refractivity contribution in [3.05, 3.63) is 43.2 Å². The van der Waals surface area contributed by atoms with Crippen molar-refractivity contribution >= 4 is 11.9 Å². The summed E-state index contributed by atoms with van der Waals surface area (Å²) in [5, 5.41) is 18.2. The Bertz CT molecular complexity index is 495. The number of carbonyl (C=O) groups is 2. The molecular formula is C16H20O5. The van der Waals surface area contributed by atoms with E-state index in [1.807, 2.05) is 0 Å². The summed E-state index contributed by atoms with van der Waals surface area (Å²) in [5.74, 6) is -2.18. The van der Waals surface area contributed by atoms with Gasteiger partial charge in [-0.05, 0) is 43.9 Å². The van der Waals surface area contributed by atoms with Crippen LogP contribution in [0.2, 0.25) is 0 Å². The number of aromatic carboxylic acids is 2. The summed E-state index contributed by atoms with van der Waals surface area (Å²) in [6.45, 7) is 7.54. The smallest absolute Gasteiger partial charge is 0.339 e. The molecule has 0 saturated carbocycles. The second kappa shape index (κ2) is 8.29. The van der Waals surface area contributed by atoms with Crippen molar-refractivity contribution < 1.29 is 24.5 Å². The van der Waals surface area contributed by atoms with E-state index < -0.39 is 11.9 Å². The van der Waals surface area contributed by atoms with E-state index in [1.54, 1.807) is 0 Å². The Labute approximate surface area is 124 Å². The third-order valence-electron chi connectivity index (χ3n) is 3.05. The van der Waals surface area contributed by atoms with Crippen molar-refractivity contribution in [1.29, 1.82) is 0 Å². The summed E-state index contributed by atoms with van der Waals surface area (Å²) in [4.78, 5) is 22.2. The lowest BCUT2D eigenvalue weighted by atomic mass is 10.1. The number of rotatable bonds is 9. The monoisotopic (exact) mass is 292 g/mol. The molecule has 1 unspecified atom stereocenters. The Morgan fingerprint density at radius 2 is 1.81 bits per heavy atom. The van der Waals surface area contributed by atoms with Crippen LogP contribution >= 0.6 is 0 Å². The quantitative estimate of drug-likeness (QED) is 0.728. The highest BCUT2D eigenvalue weighted by atomic mass is 16.5. The number of ether oxygens (including phenoxy) is 1. The SMILES string of the molecule is [CH2]CCCC(CC[CH2])Oc1cc(C(=O)O)ccc1C(=O)O. The first-order chi connectivity index (χ1) is 9.99. The molecule has 114 valence electrons. The van der Waals surface area contributed by atoms with Crippen molar-refractivity contribution in [2.45, 2.75) is 38.2 Å². The van der Waals surface area contributed by atoms with Crippen LogP contribution in [0.25, 0.3) is 0 Å². The van der Waals surface area contributed by atoms with Crippen molar-refractivity contribution in [2.75, 3.05) is 0 Å². The van der Waals surface area contributed by atoms with E-state index >= 15 is 0 Å². The van der Waals surface area contributed by atoms with E-state index in [9.17, 15) is 9.59 Å². The van der Waals surface area contributed by atoms with Crippen molar-refractivity contribution in [3.8, 4) is 5.75 Å². The molecule has 0 fully saturated rings. The van der Waals surface area contributed by atoms with Gasteiger partial charge in [-0.15, -0.1) is 0 Å². The maximum Gasteiger partial charge on any atom is 0.339 e. The van der Waals surface area contributed by atoms with Gasteiger partial charge < -0.3 is 14.9 Å². The van der Waals surface area contributed by atoms with Crippen molar-refractivity contribution in [3.63, 3.8) is 0 Å². The van der Waals surface area contributed by atoms with Crippen molar-refractivity contribution in [1.82, 2.24) is 0 Å². The van der Waals surface area contributed by atoms with Gasteiger partial charge in [-0.25, -0.2) is 9.59 Å². The molecule has 1 atom stereocenters. The average Bonchev–Trinajstić information content (AvgIpc) is 2.44. The molecule has 5 nitrogen and oxygen atoms in total. The van der Waals surface area contributed by atoms with Gasteiger partial charge in [-0.1, -0.05) is 20.3 Å². The molecule has 1 rings (SSSR count). The first kappa shape index (κ1) is 17.0. The second-order valence-corrected chi connectivity index (χ2v) is 4.70. The van der Waals surface area contributed by atoms with Gasteiger partial charge in [0.15, 0.2) is 0 Å². The number of benzene rings is 1. The molecule has 0 spiro atoms. The molecule has 1 aromatic rings. The minimum Gasteiger partial charge on any atom is -0.490 e. The number of unbranched alkanes of at least 4 members (excludes halogenated alkanes) is 1. The Morgan fingerprint density at radius 1 is 1.10 bits per heavy atom. The number of carboxylic acids is 2. The summed E-state index contributed by atoms with van der Waals surface area (Å²) < 4.78 is 5.73. The summed E-state index contributed by atoms with van der Waals surface area (Å²) in [6, 6.07) is 3.76. The Hall–Kier alpha value is -2.04. The maximum atomic E-state index is 11.2. The minimum atomic E-state index is -1.15. The highest BCUT2D eigenvalue weighted by molar-refractivity contribution is 5.94. The molecule has 5 heteroatoms. The first-order valence-electron chi connectivity index (χ1n) is 6.85. The van der Waals surface area contributed by atoms with Crippen LogP contribution in [-0.4, -0.2) is 28.3 Å². The van der Waals surface area contributed by atoms with Crippen molar-refractivity contribution in [2.24, 2.45) is 0 Å². The third kappa shape index (κ3) is 5.10. The van der Waals surface area contributed by atoms with E-state index in [0.29, 0.717) is 12.8 Å². The molecule has 0 aliphatic rings. The molecule has 21 heavy (non-hydrogen) atoms. The second-order valence-electron chi connectivity index (χ2n) is 4.70. The van der Waals surface area contributed by atoms with E-state index in [0.717, 1.165) is 19.3 Å². The van der Waals surface area contributed by atoms with E-state index in [2.05, 4.69) is 13.8 Å². The average molecular weight is 292 g/mol. The lowest BCUT2D eigenvalue weighted by molar-refractivity contribution is 0.0672. The Morgan fingerprint density at radius 3 is 2.33 bits per heavy atom. The summed E-state index contributed by atoms with van der Waals surface area (Å²) in [7, 11) is 0. The largest absolute Gasteiger partial charge is 0.490 e. The molecule has 0 saturated heterocycles. The Balaban J connectivity index is 3.03. The number of hydrogen-bond donors (Lipinski definition) is 2. The highest BCUT2D eigenvalue weighted by Gasteiger charge is 2.18. The topological polar surface area (TPSA) is 83.8 Å². The van der Waals surface area contributed by atoms with Gasteiger partial charge in [-0.3, -0.25) is 0 Å². The number of carboxylic acid groups (broad SMARTS) is 2. The third-order valence-corrected chi connectivity index (χ3v) is 3.05. The maximum absolute atomic E-state index is 11.2. The lowest BCUT2D eigenvalue weighted by Crippen LogP contribution is -2.18. The predicted molar refractivity (Wildman–Crippen MR) is 78.6 cm³/mol. The lowest BCUT2D eigenvalue weighted by Gasteiger charge is -2.20. The van der Waals surface area contributed by atoms with Crippen LogP contribution in [0.3, 0.4) is 0 Å².